The molecule has 0 saturated heterocycles. The van der Waals surface area contributed by atoms with Crippen LogP contribution in [-0.2, 0) is 22.7 Å². The SMILES string of the molecule is O=C(O)Cn1c2ccccc2c2nnc(SSc3nnc4c5ccccc5n(CC(=O)O)c4n3)nc21. The maximum atomic E-state index is 11.5. The molecule has 0 bridgehead atoms. The van der Waals surface area contributed by atoms with Crippen molar-refractivity contribution in [2.75, 3.05) is 0 Å². The van der Waals surface area contributed by atoms with E-state index < -0.39 is 11.9 Å². The third-order valence-corrected chi connectivity index (χ3v) is 7.36. The number of carboxylic acid groups (broad SMARTS) is 2. The minimum atomic E-state index is -0.996. The van der Waals surface area contributed by atoms with E-state index in [-0.39, 0.29) is 23.4 Å². The molecule has 0 fully saturated rings. The summed E-state index contributed by atoms with van der Waals surface area (Å²) in [5.41, 5.74) is 3.25. The summed E-state index contributed by atoms with van der Waals surface area (Å²) in [6.07, 6.45) is 0. The molecule has 0 amide bonds. The summed E-state index contributed by atoms with van der Waals surface area (Å²) in [4.78, 5) is 32.0. The molecule has 0 aliphatic heterocycles. The first kappa shape index (κ1) is 22.2. The maximum absolute atomic E-state index is 11.5. The van der Waals surface area contributed by atoms with Crippen molar-refractivity contribution in [1.82, 2.24) is 39.5 Å². The lowest BCUT2D eigenvalue weighted by Gasteiger charge is -2.04. The van der Waals surface area contributed by atoms with E-state index in [2.05, 4.69) is 30.4 Å². The Morgan fingerprint density at radius 2 is 1.08 bits per heavy atom. The van der Waals surface area contributed by atoms with E-state index >= 15 is 0 Å². The molecular weight excluding hydrogens is 504 g/mol. The van der Waals surface area contributed by atoms with Crippen molar-refractivity contribution in [3.63, 3.8) is 0 Å². The number of aromatic nitrogens is 8. The minimum Gasteiger partial charge on any atom is -0.480 e. The summed E-state index contributed by atoms with van der Waals surface area (Å²) >= 11 is 0. The largest absolute Gasteiger partial charge is 0.480 e. The topological polar surface area (TPSA) is 162 Å². The molecule has 2 aromatic carbocycles. The second-order valence-electron chi connectivity index (χ2n) is 7.69. The number of carboxylic acids is 2. The van der Waals surface area contributed by atoms with Gasteiger partial charge in [-0.2, -0.15) is 0 Å². The van der Waals surface area contributed by atoms with Crippen molar-refractivity contribution >= 4 is 77.7 Å². The Bertz CT molecular complexity index is 1700. The van der Waals surface area contributed by atoms with Gasteiger partial charge >= 0.3 is 11.9 Å². The van der Waals surface area contributed by atoms with E-state index in [4.69, 9.17) is 0 Å². The first-order valence-electron chi connectivity index (χ1n) is 10.5. The molecule has 2 N–H and O–H groups in total. The van der Waals surface area contributed by atoms with Gasteiger partial charge in [0.2, 0.25) is 10.3 Å². The van der Waals surface area contributed by atoms with Crippen LogP contribution >= 0.6 is 21.6 Å². The zero-order valence-corrected chi connectivity index (χ0v) is 19.8. The second kappa shape index (κ2) is 8.73. The molecule has 0 saturated carbocycles. The fourth-order valence-corrected chi connectivity index (χ4v) is 5.53. The Labute approximate surface area is 208 Å². The van der Waals surface area contributed by atoms with E-state index in [1.54, 1.807) is 9.13 Å². The first-order chi connectivity index (χ1) is 17.5. The minimum absolute atomic E-state index is 0.266. The van der Waals surface area contributed by atoms with Gasteiger partial charge in [-0.15, -0.1) is 20.4 Å². The molecule has 0 aliphatic rings. The zero-order chi connectivity index (χ0) is 24.8. The Morgan fingerprint density at radius 3 is 1.50 bits per heavy atom. The number of fused-ring (bicyclic) bond motifs is 6. The summed E-state index contributed by atoms with van der Waals surface area (Å²) in [5.74, 6) is -1.99. The number of carbonyl (C=O) groups is 2. The van der Waals surface area contributed by atoms with Crippen molar-refractivity contribution in [1.29, 1.82) is 0 Å². The van der Waals surface area contributed by atoms with E-state index in [1.807, 2.05) is 48.5 Å². The number of hydrogen-bond donors (Lipinski definition) is 2. The van der Waals surface area contributed by atoms with Crippen molar-refractivity contribution in [2.24, 2.45) is 0 Å². The van der Waals surface area contributed by atoms with Crippen LogP contribution in [0.5, 0.6) is 0 Å². The lowest BCUT2D eigenvalue weighted by atomic mass is 10.2. The van der Waals surface area contributed by atoms with Gasteiger partial charge in [-0.05, 0) is 33.7 Å². The van der Waals surface area contributed by atoms with Crippen LogP contribution in [-0.4, -0.2) is 61.6 Å². The molecule has 36 heavy (non-hydrogen) atoms. The molecule has 6 aromatic rings. The fraction of sp³-hybridized carbons (Fsp3) is 0.0909. The van der Waals surface area contributed by atoms with Gasteiger partial charge in [0, 0.05) is 10.8 Å². The highest BCUT2D eigenvalue weighted by atomic mass is 33.1. The number of para-hydroxylation sites is 2. The average molecular weight is 519 g/mol. The zero-order valence-electron chi connectivity index (χ0n) is 18.1. The second-order valence-corrected chi connectivity index (χ2v) is 9.76. The van der Waals surface area contributed by atoms with Crippen LogP contribution in [0.3, 0.4) is 0 Å². The maximum Gasteiger partial charge on any atom is 0.323 e. The van der Waals surface area contributed by atoms with E-state index in [9.17, 15) is 19.8 Å². The number of aliphatic carboxylic acids is 2. The predicted octanol–water partition coefficient (Wildman–Crippen LogP) is 3.24. The number of benzene rings is 2. The average Bonchev–Trinajstić information content (AvgIpc) is 3.35. The normalized spacial score (nSPS) is 11.7. The van der Waals surface area contributed by atoms with Gasteiger partial charge in [-0.3, -0.25) is 9.59 Å². The van der Waals surface area contributed by atoms with Gasteiger partial charge in [-0.25, -0.2) is 9.97 Å². The van der Waals surface area contributed by atoms with Crippen molar-refractivity contribution in [3.8, 4) is 0 Å². The van der Waals surface area contributed by atoms with Gasteiger partial charge in [0.25, 0.3) is 0 Å². The molecular formula is C22H14N8O4S2. The number of hydrogen-bond acceptors (Lipinski definition) is 10. The summed E-state index contributed by atoms with van der Waals surface area (Å²) < 4.78 is 3.18. The highest BCUT2D eigenvalue weighted by Crippen LogP contribution is 2.36. The Morgan fingerprint density at radius 1 is 0.667 bits per heavy atom. The molecule has 0 atom stereocenters. The van der Waals surface area contributed by atoms with Crippen LogP contribution < -0.4 is 0 Å². The quantitative estimate of drug-likeness (QED) is 0.297. The van der Waals surface area contributed by atoms with Gasteiger partial charge < -0.3 is 19.3 Å². The monoisotopic (exact) mass is 518 g/mol. The summed E-state index contributed by atoms with van der Waals surface area (Å²) in [7, 11) is 2.28. The summed E-state index contributed by atoms with van der Waals surface area (Å²) in [5, 5.41) is 37.8. The summed E-state index contributed by atoms with van der Waals surface area (Å²) in [6, 6.07) is 14.7. The van der Waals surface area contributed by atoms with Gasteiger partial charge in [0.15, 0.2) is 11.3 Å². The summed E-state index contributed by atoms with van der Waals surface area (Å²) in [6.45, 7) is -0.532. The van der Waals surface area contributed by atoms with Crippen LogP contribution in [0.2, 0.25) is 0 Å². The van der Waals surface area contributed by atoms with Crippen LogP contribution in [0.1, 0.15) is 0 Å². The number of rotatable bonds is 7. The smallest absolute Gasteiger partial charge is 0.323 e. The predicted molar refractivity (Wildman–Crippen MR) is 133 cm³/mol. The highest BCUT2D eigenvalue weighted by Gasteiger charge is 2.19. The lowest BCUT2D eigenvalue weighted by molar-refractivity contribution is -0.138. The van der Waals surface area contributed by atoms with Crippen LogP contribution in [0, 0.1) is 0 Å². The Hall–Kier alpha value is -4.30. The first-order valence-corrected chi connectivity index (χ1v) is 12.7. The molecule has 178 valence electrons. The van der Waals surface area contributed by atoms with E-state index in [1.165, 1.54) is 0 Å². The standard InChI is InChI=1S/C22H14N8O4S2/c31-15(32)9-29-13-7-3-1-5-11(13)17-19(29)23-21(27-25-17)35-36-22-24-20-18(26-28-22)12-6-2-4-8-14(12)30(20)10-16(33)34/h1-8H,9-10H2,(H,31,32)(H,33,34). The van der Waals surface area contributed by atoms with Crippen molar-refractivity contribution < 1.29 is 19.8 Å². The Balaban J connectivity index is 1.36. The molecule has 0 radical (unpaired) electrons. The van der Waals surface area contributed by atoms with Crippen LogP contribution in [0.15, 0.2) is 58.8 Å². The van der Waals surface area contributed by atoms with Crippen molar-refractivity contribution in [3.05, 3.63) is 48.5 Å². The molecule has 14 heteroatoms. The third-order valence-electron chi connectivity index (χ3n) is 5.49. The van der Waals surface area contributed by atoms with E-state index in [0.717, 1.165) is 32.4 Å². The van der Waals surface area contributed by atoms with Gasteiger partial charge in [0.05, 0.1) is 11.0 Å². The lowest BCUT2D eigenvalue weighted by Crippen LogP contribution is -2.09. The molecule has 0 aliphatic carbocycles. The molecule has 0 spiro atoms. The molecule has 4 heterocycles. The van der Waals surface area contributed by atoms with Gasteiger partial charge in [-0.1, -0.05) is 36.4 Å². The molecule has 6 rings (SSSR count). The van der Waals surface area contributed by atoms with Gasteiger partial charge in [0.1, 0.15) is 24.1 Å². The van der Waals surface area contributed by atoms with E-state index in [0.29, 0.717) is 33.4 Å². The molecule has 0 unspecified atom stereocenters. The number of nitrogens with zero attached hydrogens (tertiary/aromatic N) is 8. The fourth-order valence-electron chi connectivity index (χ4n) is 4.11. The third kappa shape index (κ3) is 3.76. The Kier molecular flexibility index (Phi) is 5.38. The van der Waals surface area contributed by atoms with Crippen LogP contribution in [0.25, 0.3) is 44.1 Å². The van der Waals surface area contributed by atoms with Crippen molar-refractivity contribution in [2.45, 2.75) is 23.4 Å². The highest BCUT2D eigenvalue weighted by molar-refractivity contribution is 8.76. The molecule has 4 aromatic heterocycles. The molecule has 12 nitrogen and oxygen atoms in total. The van der Waals surface area contributed by atoms with Crippen LogP contribution in [0.4, 0.5) is 0 Å².